The van der Waals surface area contributed by atoms with Crippen LogP contribution in [0.25, 0.3) is 22.9 Å². The van der Waals surface area contributed by atoms with Crippen molar-refractivity contribution in [1.29, 1.82) is 0 Å². The fourth-order valence-electron chi connectivity index (χ4n) is 8.50. The van der Waals surface area contributed by atoms with E-state index >= 15 is 0 Å². The average Bonchev–Trinajstić information content (AvgIpc) is 4.15. The van der Waals surface area contributed by atoms with Gasteiger partial charge in [-0.05, 0) is 119 Å². The Balaban J connectivity index is 0.000000200. The molecule has 6 aromatic rings. The molecule has 67 heavy (non-hydrogen) atoms. The number of ether oxygens (including phenoxy) is 4. The molecule has 14 heteroatoms. The van der Waals surface area contributed by atoms with Gasteiger partial charge in [-0.2, -0.15) is 0 Å². The molecule has 4 aromatic carbocycles. The molecule has 2 fully saturated rings. The Hall–Kier alpha value is -6.93. The van der Waals surface area contributed by atoms with Crippen molar-refractivity contribution in [2.24, 2.45) is 23.7 Å². The SMILES string of the molecule is CCOC(=O)N1C[C@@H](Cc2ccc(OCCc3nc(-c4ccccc4)oc3C)cc2)[C@@H](C(=O)O)C1.CCOC(=O)[C@H]1CNC[C@H]1Cc1ccc(OCCc2nc(-c3ccccc3)oc2C)cc1. The van der Waals surface area contributed by atoms with Crippen molar-refractivity contribution in [2.75, 3.05) is 52.6 Å². The van der Waals surface area contributed by atoms with Crippen LogP contribution >= 0.6 is 0 Å². The Kier molecular flexibility index (Phi) is 16.8. The molecule has 0 saturated carbocycles. The third-order valence-electron chi connectivity index (χ3n) is 12.1. The van der Waals surface area contributed by atoms with Crippen molar-refractivity contribution in [3.63, 3.8) is 0 Å². The second-order valence-corrected chi connectivity index (χ2v) is 16.8. The number of carbonyl (C=O) groups excluding carboxylic acids is 2. The van der Waals surface area contributed by atoms with Crippen LogP contribution in [0.5, 0.6) is 11.5 Å². The van der Waals surface area contributed by atoms with Crippen LogP contribution in [0.2, 0.25) is 0 Å². The van der Waals surface area contributed by atoms with E-state index in [1.165, 1.54) is 10.5 Å². The maximum Gasteiger partial charge on any atom is 0.409 e. The molecule has 0 spiro atoms. The largest absolute Gasteiger partial charge is 0.493 e. The third kappa shape index (κ3) is 13.1. The van der Waals surface area contributed by atoms with E-state index in [0.717, 1.165) is 64.1 Å². The molecule has 2 saturated heterocycles. The van der Waals surface area contributed by atoms with Crippen LogP contribution in [0.15, 0.2) is 118 Å². The Labute approximate surface area is 391 Å². The Morgan fingerprint density at radius 1 is 0.642 bits per heavy atom. The normalized spacial score (nSPS) is 17.6. The van der Waals surface area contributed by atoms with Crippen molar-refractivity contribution in [1.82, 2.24) is 20.2 Å². The molecule has 14 nitrogen and oxygen atoms in total. The fourth-order valence-corrected chi connectivity index (χ4v) is 8.50. The number of nitrogens with one attached hydrogen (secondary N) is 1. The summed E-state index contributed by atoms with van der Waals surface area (Å²) in [5, 5.41) is 12.9. The highest BCUT2D eigenvalue weighted by atomic mass is 16.6. The summed E-state index contributed by atoms with van der Waals surface area (Å²) in [6, 6.07) is 35.5. The number of hydrogen-bond acceptors (Lipinski definition) is 12. The zero-order chi connectivity index (χ0) is 47.1. The number of aryl methyl sites for hydroxylation is 2. The second kappa shape index (κ2) is 23.5. The van der Waals surface area contributed by atoms with Gasteiger partial charge in [0.1, 0.15) is 23.0 Å². The Bertz CT molecular complexity index is 2510. The highest BCUT2D eigenvalue weighted by Gasteiger charge is 2.40. The number of aliphatic carboxylic acids is 1. The summed E-state index contributed by atoms with van der Waals surface area (Å²) in [6.45, 7) is 11.2. The quantitative estimate of drug-likeness (QED) is 0.0784. The lowest BCUT2D eigenvalue weighted by Gasteiger charge is -2.17. The Morgan fingerprint density at radius 2 is 1.13 bits per heavy atom. The molecule has 2 aliphatic heterocycles. The van der Waals surface area contributed by atoms with Gasteiger partial charge in [0, 0.05) is 43.6 Å². The summed E-state index contributed by atoms with van der Waals surface area (Å²) in [6.07, 6.45) is 2.25. The molecule has 0 radical (unpaired) electrons. The number of esters is 1. The van der Waals surface area contributed by atoms with Gasteiger partial charge in [0.25, 0.3) is 0 Å². The van der Waals surface area contributed by atoms with Crippen molar-refractivity contribution >= 4 is 18.0 Å². The van der Waals surface area contributed by atoms with Gasteiger partial charge in [-0.25, -0.2) is 14.8 Å². The molecule has 8 rings (SSSR count). The number of nitrogens with zero attached hydrogens (tertiary/aromatic N) is 3. The van der Waals surface area contributed by atoms with E-state index in [0.29, 0.717) is 64.0 Å². The number of carbonyl (C=O) groups is 3. The molecular formula is C53H60N4O10. The van der Waals surface area contributed by atoms with Crippen LogP contribution in [-0.2, 0) is 44.7 Å². The van der Waals surface area contributed by atoms with E-state index in [2.05, 4.69) is 27.4 Å². The molecule has 4 atom stereocenters. The molecule has 2 N–H and O–H groups in total. The minimum absolute atomic E-state index is 0.0719. The van der Waals surface area contributed by atoms with Gasteiger partial charge in [-0.1, -0.05) is 60.7 Å². The highest BCUT2D eigenvalue weighted by Crippen LogP contribution is 2.30. The van der Waals surface area contributed by atoms with Crippen LogP contribution < -0.4 is 14.8 Å². The van der Waals surface area contributed by atoms with Gasteiger partial charge >= 0.3 is 18.0 Å². The summed E-state index contributed by atoms with van der Waals surface area (Å²) in [7, 11) is 0. The number of likely N-dealkylation sites (tertiary alicyclic amines) is 1. The smallest absolute Gasteiger partial charge is 0.409 e. The first-order valence-corrected chi connectivity index (χ1v) is 23.1. The number of oxazole rings is 2. The van der Waals surface area contributed by atoms with Gasteiger partial charge in [-0.3, -0.25) is 9.59 Å². The first-order chi connectivity index (χ1) is 32.6. The molecule has 2 aromatic heterocycles. The van der Waals surface area contributed by atoms with Crippen LogP contribution in [0.3, 0.4) is 0 Å². The summed E-state index contributed by atoms with van der Waals surface area (Å²) in [4.78, 5) is 46.6. The molecule has 0 unspecified atom stereocenters. The van der Waals surface area contributed by atoms with E-state index in [9.17, 15) is 19.5 Å². The number of carboxylic acids is 1. The summed E-state index contributed by atoms with van der Waals surface area (Å²) < 4.78 is 33.7. The summed E-state index contributed by atoms with van der Waals surface area (Å²) in [5.74, 6) is 2.83. The number of benzene rings is 4. The van der Waals surface area contributed by atoms with Crippen molar-refractivity contribution < 1.29 is 47.3 Å². The van der Waals surface area contributed by atoms with E-state index < -0.39 is 18.0 Å². The van der Waals surface area contributed by atoms with Crippen LogP contribution in [-0.4, -0.2) is 90.6 Å². The molecular weight excluding hydrogens is 853 g/mol. The van der Waals surface area contributed by atoms with Gasteiger partial charge in [-0.15, -0.1) is 0 Å². The maximum atomic E-state index is 12.1. The van der Waals surface area contributed by atoms with E-state index in [1.807, 2.05) is 118 Å². The van der Waals surface area contributed by atoms with Gasteiger partial charge in [0.2, 0.25) is 11.8 Å². The van der Waals surface area contributed by atoms with E-state index in [1.54, 1.807) is 6.92 Å². The van der Waals surface area contributed by atoms with E-state index in [-0.39, 0.29) is 36.9 Å². The second-order valence-electron chi connectivity index (χ2n) is 16.8. The monoisotopic (exact) mass is 912 g/mol. The van der Waals surface area contributed by atoms with Gasteiger partial charge < -0.3 is 43.1 Å². The molecule has 1 amide bonds. The Morgan fingerprint density at radius 3 is 1.61 bits per heavy atom. The fraction of sp³-hybridized carbons (Fsp3) is 0.377. The first-order valence-electron chi connectivity index (χ1n) is 23.1. The van der Waals surface area contributed by atoms with Gasteiger partial charge in [0.05, 0.1) is 49.7 Å². The topological polar surface area (TPSA) is 176 Å². The molecule has 4 heterocycles. The zero-order valence-electron chi connectivity index (χ0n) is 38.7. The highest BCUT2D eigenvalue weighted by molar-refractivity contribution is 5.75. The van der Waals surface area contributed by atoms with Crippen molar-refractivity contribution in [3.8, 4) is 34.4 Å². The van der Waals surface area contributed by atoms with Crippen molar-refractivity contribution in [2.45, 2.75) is 53.4 Å². The van der Waals surface area contributed by atoms with Crippen molar-refractivity contribution in [3.05, 3.63) is 143 Å². The molecule has 0 aliphatic carbocycles. The number of hydrogen-bond donors (Lipinski definition) is 2. The van der Waals surface area contributed by atoms with E-state index in [4.69, 9.17) is 27.8 Å². The first kappa shape index (κ1) is 48.0. The minimum Gasteiger partial charge on any atom is -0.493 e. The zero-order valence-corrected chi connectivity index (χ0v) is 38.7. The van der Waals surface area contributed by atoms with Gasteiger partial charge in [0.15, 0.2) is 0 Å². The number of aromatic nitrogens is 2. The number of amides is 1. The number of rotatable bonds is 18. The molecule has 2 aliphatic rings. The number of carboxylic acid groups (broad SMARTS) is 1. The predicted octanol–water partition coefficient (Wildman–Crippen LogP) is 8.82. The van der Waals surface area contributed by atoms with Crippen LogP contribution in [0.1, 0.15) is 47.9 Å². The summed E-state index contributed by atoms with van der Waals surface area (Å²) in [5.41, 5.74) is 5.89. The standard InChI is InChI=1S/C27H30N2O6.C26H30N2O4/c1-3-33-27(32)29-16-21(23(17-29)26(30)31)15-19-9-11-22(12-10-19)34-14-13-24-18(2)35-25(28-24)20-7-5-4-6-8-20;1-3-30-26(29)23-17-27-16-21(23)15-19-9-11-22(12-10-19)31-14-13-24-18(2)32-25(28-24)20-7-5-4-6-8-20/h4-12,21,23H,3,13-17H2,1-2H3,(H,30,31);4-12,21,23,27H,3,13-17H2,1-2H3/t2*21-,23+/m11/s1. The average molecular weight is 913 g/mol. The third-order valence-corrected chi connectivity index (χ3v) is 12.1. The van der Waals surface area contributed by atoms with Crippen LogP contribution in [0.4, 0.5) is 4.79 Å². The lowest BCUT2D eigenvalue weighted by Crippen LogP contribution is -2.30. The summed E-state index contributed by atoms with van der Waals surface area (Å²) >= 11 is 0. The molecule has 0 bridgehead atoms. The lowest BCUT2D eigenvalue weighted by atomic mass is 9.90. The minimum atomic E-state index is -0.889. The predicted molar refractivity (Wildman–Crippen MR) is 252 cm³/mol. The maximum absolute atomic E-state index is 12.1. The lowest BCUT2D eigenvalue weighted by molar-refractivity contribution is -0.148. The molecule has 352 valence electrons. The van der Waals surface area contributed by atoms with Crippen LogP contribution in [0, 0.1) is 37.5 Å².